The summed E-state index contributed by atoms with van der Waals surface area (Å²) in [6, 6.07) is 15.7. The molecule has 0 spiro atoms. The van der Waals surface area contributed by atoms with Crippen molar-refractivity contribution in [1.29, 1.82) is 0 Å². The monoisotopic (exact) mass is 297 g/mol. The van der Waals surface area contributed by atoms with Crippen LogP contribution in [0.25, 0.3) is 10.9 Å². The molecular weight excluding hydrogens is 282 g/mol. The molecule has 1 aromatic heterocycles. The van der Waals surface area contributed by atoms with Crippen molar-refractivity contribution in [1.82, 2.24) is 4.98 Å². The van der Waals surface area contributed by atoms with E-state index in [9.17, 15) is 0 Å². The zero-order chi connectivity index (χ0) is 14.7. The minimum Gasteiger partial charge on any atom is -0.497 e. The van der Waals surface area contributed by atoms with Gasteiger partial charge in [0.1, 0.15) is 5.75 Å². The average Bonchev–Trinajstić information content (AvgIpc) is 2.95. The van der Waals surface area contributed by atoms with E-state index < -0.39 is 0 Å². The summed E-state index contributed by atoms with van der Waals surface area (Å²) in [6.45, 7) is 0. The molecule has 0 aliphatic rings. The Hall–Kier alpha value is -2.53. The van der Waals surface area contributed by atoms with Crippen molar-refractivity contribution in [3.05, 3.63) is 54.7 Å². The number of hydrogen-bond acceptors (Lipinski definition) is 2. The molecule has 5 heteroatoms. The van der Waals surface area contributed by atoms with E-state index in [-0.39, 0.29) is 0 Å². The molecule has 106 valence electrons. The quantitative estimate of drug-likeness (QED) is 0.640. The maximum Gasteiger partial charge on any atom is 0.175 e. The number of fused-ring (bicyclic) bond motifs is 1. The Kier molecular flexibility index (Phi) is 3.75. The zero-order valence-corrected chi connectivity index (χ0v) is 12.3. The number of rotatable bonds is 3. The summed E-state index contributed by atoms with van der Waals surface area (Å²) in [4.78, 5) is 3.16. The first kappa shape index (κ1) is 13.5. The molecule has 0 fully saturated rings. The first-order valence-electron chi connectivity index (χ1n) is 6.54. The van der Waals surface area contributed by atoms with E-state index in [1.807, 2.05) is 54.7 Å². The van der Waals surface area contributed by atoms with E-state index in [1.165, 1.54) is 0 Å². The van der Waals surface area contributed by atoms with Gasteiger partial charge in [0.15, 0.2) is 5.11 Å². The third-order valence-corrected chi connectivity index (χ3v) is 3.36. The van der Waals surface area contributed by atoms with E-state index in [2.05, 4.69) is 15.6 Å². The van der Waals surface area contributed by atoms with E-state index >= 15 is 0 Å². The number of hydrogen-bond donors (Lipinski definition) is 3. The number of ether oxygens (including phenoxy) is 1. The highest BCUT2D eigenvalue weighted by Gasteiger charge is 2.01. The minimum absolute atomic E-state index is 0.551. The maximum absolute atomic E-state index is 5.32. The van der Waals surface area contributed by atoms with Crippen molar-refractivity contribution >= 4 is 39.6 Å². The van der Waals surface area contributed by atoms with Crippen molar-refractivity contribution in [2.75, 3.05) is 17.7 Å². The molecule has 3 aromatic rings. The summed E-state index contributed by atoms with van der Waals surface area (Å²) < 4.78 is 5.12. The fourth-order valence-electron chi connectivity index (χ4n) is 2.10. The van der Waals surface area contributed by atoms with Crippen LogP contribution in [0.15, 0.2) is 54.7 Å². The van der Waals surface area contributed by atoms with Crippen molar-refractivity contribution in [2.45, 2.75) is 0 Å². The molecule has 4 nitrogen and oxygen atoms in total. The second kappa shape index (κ2) is 5.85. The zero-order valence-electron chi connectivity index (χ0n) is 11.5. The van der Waals surface area contributed by atoms with Crippen LogP contribution in [-0.4, -0.2) is 17.2 Å². The minimum atomic E-state index is 0.551. The lowest BCUT2D eigenvalue weighted by Gasteiger charge is -2.11. The van der Waals surface area contributed by atoms with Gasteiger partial charge in [0.05, 0.1) is 7.11 Å². The SMILES string of the molecule is COc1ccc(NC(=S)Nc2ccc3[nH]ccc3c2)cc1. The third-order valence-electron chi connectivity index (χ3n) is 3.16. The summed E-state index contributed by atoms with van der Waals surface area (Å²) >= 11 is 5.32. The Labute approximate surface area is 128 Å². The number of thiocarbonyl (C=S) groups is 1. The molecule has 0 amide bonds. The van der Waals surface area contributed by atoms with Crippen LogP contribution in [0.3, 0.4) is 0 Å². The standard InChI is InChI=1S/C16H15N3OS/c1-20-14-5-2-12(3-6-14)18-16(21)19-13-4-7-15-11(10-13)8-9-17-15/h2-10,17H,1H3,(H2,18,19,21). The lowest BCUT2D eigenvalue weighted by Crippen LogP contribution is -2.18. The normalized spacial score (nSPS) is 10.3. The molecule has 3 N–H and O–H groups in total. The number of methoxy groups -OCH3 is 1. The number of aromatic nitrogens is 1. The van der Waals surface area contributed by atoms with Crippen LogP contribution in [0.2, 0.25) is 0 Å². The smallest absolute Gasteiger partial charge is 0.175 e. The van der Waals surface area contributed by atoms with Crippen LogP contribution >= 0.6 is 12.2 Å². The Morgan fingerprint density at radius 3 is 2.48 bits per heavy atom. The first-order valence-corrected chi connectivity index (χ1v) is 6.94. The molecule has 3 rings (SSSR count). The van der Waals surface area contributed by atoms with Gasteiger partial charge in [0.2, 0.25) is 0 Å². The largest absolute Gasteiger partial charge is 0.497 e. The molecule has 0 unspecified atom stereocenters. The van der Waals surface area contributed by atoms with Crippen molar-refractivity contribution in [2.24, 2.45) is 0 Å². The molecule has 0 radical (unpaired) electrons. The molecule has 2 aromatic carbocycles. The van der Waals surface area contributed by atoms with Gasteiger partial charge < -0.3 is 20.4 Å². The van der Waals surface area contributed by atoms with Gasteiger partial charge in [0, 0.05) is 28.5 Å². The highest BCUT2D eigenvalue weighted by molar-refractivity contribution is 7.80. The van der Waals surface area contributed by atoms with E-state index in [1.54, 1.807) is 7.11 Å². The summed E-state index contributed by atoms with van der Waals surface area (Å²) in [5.41, 5.74) is 2.97. The molecule has 0 bridgehead atoms. The van der Waals surface area contributed by atoms with Crippen molar-refractivity contribution < 1.29 is 4.74 Å². The molecule has 21 heavy (non-hydrogen) atoms. The van der Waals surface area contributed by atoms with Crippen LogP contribution in [0.4, 0.5) is 11.4 Å². The van der Waals surface area contributed by atoms with Gasteiger partial charge in [0.25, 0.3) is 0 Å². The summed E-state index contributed by atoms with van der Waals surface area (Å²) in [6.07, 6.45) is 1.92. The average molecular weight is 297 g/mol. The Morgan fingerprint density at radius 2 is 1.71 bits per heavy atom. The maximum atomic E-state index is 5.32. The highest BCUT2D eigenvalue weighted by Crippen LogP contribution is 2.19. The van der Waals surface area contributed by atoms with Crippen LogP contribution in [-0.2, 0) is 0 Å². The molecule has 0 aliphatic carbocycles. The lowest BCUT2D eigenvalue weighted by atomic mass is 10.2. The Bertz CT molecular complexity index is 765. The van der Waals surface area contributed by atoms with Crippen LogP contribution in [0, 0.1) is 0 Å². The first-order chi connectivity index (χ1) is 10.2. The number of anilines is 2. The van der Waals surface area contributed by atoms with Crippen LogP contribution < -0.4 is 15.4 Å². The topological polar surface area (TPSA) is 49.1 Å². The van der Waals surface area contributed by atoms with Crippen molar-refractivity contribution in [3.8, 4) is 5.75 Å². The van der Waals surface area contributed by atoms with E-state index in [4.69, 9.17) is 17.0 Å². The second-order valence-corrected chi connectivity index (χ2v) is 5.00. The predicted octanol–water partition coefficient (Wildman–Crippen LogP) is 3.99. The molecule has 0 atom stereocenters. The number of H-pyrrole nitrogens is 1. The fraction of sp³-hybridized carbons (Fsp3) is 0.0625. The summed E-state index contributed by atoms with van der Waals surface area (Å²) in [5, 5.41) is 8.01. The van der Waals surface area contributed by atoms with Gasteiger partial charge in [-0.15, -0.1) is 0 Å². The van der Waals surface area contributed by atoms with Gasteiger partial charge in [-0.05, 0) is 60.7 Å². The number of benzene rings is 2. The highest BCUT2D eigenvalue weighted by atomic mass is 32.1. The molecule has 0 saturated heterocycles. The second-order valence-electron chi connectivity index (χ2n) is 4.59. The number of aromatic amines is 1. The van der Waals surface area contributed by atoms with Crippen molar-refractivity contribution in [3.63, 3.8) is 0 Å². The Balaban J connectivity index is 1.67. The summed E-state index contributed by atoms with van der Waals surface area (Å²) in [5.74, 6) is 0.817. The van der Waals surface area contributed by atoms with Gasteiger partial charge in [-0.2, -0.15) is 0 Å². The number of nitrogens with one attached hydrogen (secondary N) is 3. The lowest BCUT2D eigenvalue weighted by molar-refractivity contribution is 0.415. The summed E-state index contributed by atoms with van der Waals surface area (Å²) in [7, 11) is 1.64. The third kappa shape index (κ3) is 3.14. The Morgan fingerprint density at radius 1 is 1.00 bits per heavy atom. The molecular formula is C16H15N3OS. The fourth-order valence-corrected chi connectivity index (χ4v) is 2.33. The molecule has 1 heterocycles. The predicted molar refractivity (Wildman–Crippen MR) is 91.1 cm³/mol. The van der Waals surface area contributed by atoms with Gasteiger partial charge >= 0.3 is 0 Å². The van der Waals surface area contributed by atoms with E-state index in [0.29, 0.717) is 5.11 Å². The van der Waals surface area contributed by atoms with Crippen LogP contribution in [0.1, 0.15) is 0 Å². The molecule has 0 aliphatic heterocycles. The van der Waals surface area contributed by atoms with Gasteiger partial charge in [-0.3, -0.25) is 0 Å². The van der Waals surface area contributed by atoms with E-state index in [0.717, 1.165) is 28.0 Å². The van der Waals surface area contributed by atoms with Gasteiger partial charge in [-0.1, -0.05) is 0 Å². The van der Waals surface area contributed by atoms with Gasteiger partial charge in [-0.25, -0.2) is 0 Å². The van der Waals surface area contributed by atoms with Crippen LogP contribution in [0.5, 0.6) is 5.75 Å². The molecule has 0 saturated carbocycles.